The number of halogens is 2. The molecular weight excluding hydrogens is 323 g/mol. The maximum absolute atomic E-state index is 12.6. The second-order valence-electron chi connectivity index (χ2n) is 4.85. The zero-order valence-corrected chi connectivity index (χ0v) is 13.5. The zero-order chi connectivity index (χ0) is 15.1. The van der Waals surface area contributed by atoms with Gasteiger partial charge in [-0.15, -0.1) is 0 Å². The predicted octanol–water partition coefficient (Wildman–Crippen LogP) is 2.37. The molecular formula is C12H16Cl2N2O3S. The molecule has 1 saturated heterocycles. The third-order valence-corrected chi connectivity index (χ3v) is 5.82. The topological polar surface area (TPSA) is 72.6 Å². The number of hydrogen-bond donors (Lipinski definition) is 1. The van der Waals surface area contributed by atoms with E-state index in [-0.39, 0.29) is 45.9 Å². The average Bonchev–Trinajstić information content (AvgIpc) is 2.34. The summed E-state index contributed by atoms with van der Waals surface area (Å²) in [4.78, 5) is -0.0256. The summed E-state index contributed by atoms with van der Waals surface area (Å²) < 4.78 is 32.2. The Bertz CT molecular complexity index is 611. The first-order valence-electron chi connectivity index (χ1n) is 6.12. The van der Waals surface area contributed by atoms with Gasteiger partial charge in [-0.3, -0.25) is 0 Å². The second-order valence-corrected chi connectivity index (χ2v) is 7.54. The summed E-state index contributed by atoms with van der Waals surface area (Å²) in [6, 6.07) is 2.81. The summed E-state index contributed by atoms with van der Waals surface area (Å²) >= 11 is 11.9. The molecule has 0 aliphatic carbocycles. The molecule has 0 bridgehead atoms. The van der Waals surface area contributed by atoms with Crippen LogP contribution in [0.4, 0.5) is 5.69 Å². The van der Waals surface area contributed by atoms with Crippen LogP contribution in [0.25, 0.3) is 0 Å². The number of anilines is 1. The molecule has 1 aliphatic rings. The number of nitrogens with zero attached hydrogens (tertiary/aromatic N) is 1. The highest BCUT2D eigenvalue weighted by atomic mass is 35.5. The van der Waals surface area contributed by atoms with Crippen LogP contribution in [0.1, 0.15) is 13.8 Å². The summed E-state index contributed by atoms with van der Waals surface area (Å²) in [5.41, 5.74) is 5.76. The number of hydrogen-bond acceptors (Lipinski definition) is 4. The lowest BCUT2D eigenvalue weighted by Crippen LogP contribution is -2.48. The van der Waals surface area contributed by atoms with Crippen LogP contribution in [0, 0.1) is 0 Å². The van der Waals surface area contributed by atoms with Crippen molar-refractivity contribution in [1.82, 2.24) is 4.31 Å². The lowest BCUT2D eigenvalue weighted by atomic mass is 10.3. The van der Waals surface area contributed by atoms with Crippen LogP contribution in [0.2, 0.25) is 10.0 Å². The maximum Gasteiger partial charge on any atom is 0.244 e. The van der Waals surface area contributed by atoms with Crippen LogP contribution >= 0.6 is 23.2 Å². The molecule has 1 aliphatic heterocycles. The van der Waals surface area contributed by atoms with Gasteiger partial charge in [0.1, 0.15) is 4.90 Å². The number of benzene rings is 1. The van der Waals surface area contributed by atoms with Crippen LogP contribution in [0.5, 0.6) is 0 Å². The van der Waals surface area contributed by atoms with Crippen LogP contribution < -0.4 is 5.73 Å². The third kappa shape index (κ3) is 2.89. The van der Waals surface area contributed by atoms with E-state index in [9.17, 15) is 8.42 Å². The van der Waals surface area contributed by atoms with E-state index in [2.05, 4.69) is 0 Å². The first kappa shape index (κ1) is 15.9. The smallest absolute Gasteiger partial charge is 0.244 e. The highest BCUT2D eigenvalue weighted by molar-refractivity contribution is 7.89. The van der Waals surface area contributed by atoms with Crippen molar-refractivity contribution < 1.29 is 13.2 Å². The van der Waals surface area contributed by atoms with E-state index in [4.69, 9.17) is 33.7 Å². The van der Waals surface area contributed by atoms with E-state index in [1.807, 2.05) is 13.8 Å². The third-order valence-electron chi connectivity index (χ3n) is 3.10. The van der Waals surface area contributed by atoms with Crippen molar-refractivity contribution in [1.29, 1.82) is 0 Å². The first-order valence-corrected chi connectivity index (χ1v) is 8.32. The van der Waals surface area contributed by atoms with Gasteiger partial charge in [-0.1, -0.05) is 23.2 Å². The Balaban J connectivity index is 2.43. The minimum Gasteiger partial charge on any atom is -0.396 e. The Kier molecular flexibility index (Phi) is 4.51. The van der Waals surface area contributed by atoms with Gasteiger partial charge < -0.3 is 10.5 Å². The van der Waals surface area contributed by atoms with Gasteiger partial charge in [0.15, 0.2) is 0 Å². The monoisotopic (exact) mass is 338 g/mol. The Labute approximate surface area is 128 Å². The largest absolute Gasteiger partial charge is 0.396 e. The molecule has 0 saturated carbocycles. The summed E-state index contributed by atoms with van der Waals surface area (Å²) in [5, 5.41) is 0.196. The van der Waals surface area contributed by atoms with E-state index < -0.39 is 10.0 Å². The Morgan fingerprint density at radius 3 is 2.35 bits per heavy atom. The second kappa shape index (κ2) is 5.69. The molecule has 0 radical (unpaired) electrons. The molecule has 1 fully saturated rings. The van der Waals surface area contributed by atoms with Gasteiger partial charge in [-0.2, -0.15) is 4.31 Å². The highest BCUT2D eigenvalue weighted by Gasteiger charge is 2.34. The Hall–Kier alpha value is -0.530. The van der Waals surface area contributed by atoms with E-state index in [0.717, 1.165) is 0 Å². The Morgan fingerprint density at radius 1 is 1.25 bits per heavy atom. The fourth-order valence-electron chi connectivity index (χ4n) is 2.21. The molecule has 2 rings (SSSR count). The summed E-state index contributed by atoms with van der Waals surface area (Å²) in [7, 11) is -3.72. The SMILES string of the molecule is CC1CN(S(=O)(=O)c2ccc(Cl)c(N)c2Cl)CC(C)O1. The Morgan fingerprint density at radius 2 is 1.80 bits per heavy atom. The molecule has 1 aromatic carbocycles. The summed E-state index contributed by atoms with van der Waals surface area (Å²) in [6.07, 6.45) is -0.339. The number of rotatable bonds is 2. The lowest BCUT2D eigenvalue weighted by molar-refractivity contribution is -0.0440. The van der Waals surface area contributed by atoms with E-state index in [0.29, 0.717) is 0 Å². The number of morpholine rings is 1. The van der Waals surface area contributed by atoms with Crippen LogP contribution in [-0.2, 0) is 14.8 Å². The van der Waals surface area contributed by atoms with Crippen molar-refractivity contribution >= 4 is 38.9 Å². The maximum atomic E-state index is 12.6. The average molecular weight is 339 g/mol. The van der Waals surface area contributed by atoms with Crippen molar-refractivity contribution in [2.75, 3.05) is 18.8 Å². The first-order chi connectivity index (χ1) is 9.23. The van der Waals surface area contributed by atoms with Crippen molar-refractivity contribution in [2.24, 2.45) is 0 Å². The lowest BCUT2D eigenvalue weighted by Gasteiger charge is -2.34. The standard InChI is InChI=1S/C12H16Cl2N2O3S/c1-7-5-16(6-8(2)19-7)20(17,18)10-4-3-9(13)12(15)11(10)14/h3-4,7-8H,5-6,15H2,1-2H3. The minimum absolute atomic E-state index is 0.0256. The number of nitrogen functional groups attached to an aromatic ring is 1. The highest BCUT2D eigenvalue weighted by Crippen LogP contribution is 2.35. The molecule has 2 unspecified atom stereocenters. The fraction of sp³-hybridized carbons (Fsp3) is 0.500. The van der Waals surface area contributed by atoms with Gasteiger partial charge in [-0.25, -0.2) is 8.42 Å². The van der Waals surface area contributed by atoms with Gasteiger partial charge in [0.25, 0.3) is 0 Å². The van der Waals surface area contributed by atoms with E-state index in [1.54, 1.807) is 0 Å². The molecule has 0 spiro atoms. The van der Waals surface area contributed by atoms with E-state index >= 15 is 0 Å². The molecule has 1 aromatic rings. The van der Waals surface area contributed by atoms with E-state index in [1.165, 1.54) is 16.4 Å². The fourth-order valence-corrected chi connectivity index (χ4v) is 4.54. The van der Waals surface area contributed by atoms with Gasteiger partial charge in [-0.05, 0) is 26.0 Å². The predicted molar refractivity (Wildman–Crippen MR) is 79.6 cm³/mol. The minimum atomic E-state index is -3.72. The quantitative estimate of drug-likeness (QED) is 0.840. The molecule has 5 nitrogen and oxygen atoms in total. The molecule has 0 amide bonds. The van der Waals surface area contributed by atoms with Crippen molar-refractivity contribution in [2.45, 2.75) is 31.0 Å². The van der Waals surface area contributed by atoms with Crippen LogP contribution in [0.3, 0.4) is 0 Å². The number of nitrogens with two attached hydrogens (primary N) is 1. The zero-order valence-electron chi connectivity index (χ0n) is 11.1. The van der Waals surface area contributed by atoms with Crippen LogP contribution in [-0.4, -0.2) is 38.0 Å². The van der Waals surface area contributed by atoms with Crippen molar-refractivity contribution in [3.8, 4) is 0 Å². The van der Waals surface area contributed by atoms with Crippen LogP contribution in [0.15, 0.2) is 17.0 Å². The molecule has 2 atom stereocenters. The van der Waals surface area contributed by atoms with Crippen molar-refractivity contribution in [3.05, 3.63) is 22.2 Å². The molecule has 8 heteroatoms. The number of sulfonamides is 1. The number of ether oxygens (including phenoxy) is 1. The van der Waals surface area contributed by atoms with Gasteiger partial charge in [0.05, 0.1) is 27.9 Å². The molecule has 20 heavy (non-hydrogen) atoms. The van der Waals surface area contributed by atoms with Crippen molar-refractivity contribution in [3.63, 3.8) is 0 Å². The summed E-state index contributed by atoms with van der Waals surface area (Å²) in [5.74, 6) is 0. The summed E-state index contributed by atoms with van der Waals surface area (Å²) in [6.45, 7) is 4.23. The molecule has 112 valence electrons. The van der Waals surface area contributed by atoms with Gasteiger partial charge >= 0.3 is 0 Å². The molecule has 2 N–H and O–H groups in total. The van der Waals surface area contributed by atoms with Gasteiger partial charge in [0.2, 0.25) is 10.0 Å². The normalized spacial score (nSPS) is 24.8. The molecule has 1 heterocycles. The molecule has 0 aromatic heterocycles. The van der Waals surface area contributed by atoms with Gasteiger partial charge in [0, 0.05) is 13.1 Å².